The number of carbonyl (C=O) groups excluding carboxylic acids is 1. The second-order valence-electron chi connectivity index (χ2n) is 5.15. The number of nitrogens with two attached hydrogens (primary N) is 1. The van der Waals surface area contributed by atoms with Crippen LogP contribution in [0.25, 0.3) is 0 Å². The highest BCUT2D eigenvalue weighted by molar-refractivity contribution is 5.98. The Balaban J connectivity index is 3.01. The molecule has 1 amide bonds. The minimum absolute atomic E-state index is 0.0414. The lowest BCUT2D eigenvalue weighted by molar-refractivity contribution is -0.385. The van der Waals surface area contributed by atoms with Crippen LogP contribution >= 0.6 is 0 Å². The van der Waals surface area contributed by atoms with Gasteiger partial charge in [0, 0.05) is 18.7 Å². The van der Waals surface area contributed by atoms with Gasteiger partial charge in [0.2, 0.25) is 5.75 Å². The lowest BCUT2D eigenvalue weighted by atomic mass is 10.0. The fourth-order valence-corrected chi connectivity index (χ4v) is 2.11. The SMILES string of the molecule is COc1c(C(=O)NC(CN)CC(C)C)cccc1[N+](=O)[O-]. The van der Waals surface area contributed by atoms with Crippen molar-refractivity contribution in [1.29, 1.82) is 0 Å². The molecule has 0 aromatic heterocycles. The van der Waals surface area contributed by atoms with Gasteiger partial charge in [-0.25, -0.2) is 0 Å². The van der Waals surface area contributed by atoms with Crippen molar-refractivity contribution in [3.05, 3.63) is 33.9 Å². The number of rotatable bonds is 7. The number of ether oxygens (including phenoxy) is 1. The number of hydrogen-bond acceptors (Lipinski definition) is 5. The molecular weight excluding hydrogens is 274 g/mol. The third-order valence-corrected chi connectivity index (χ3v) is 3.02. The van der Waals surface area contributed by atoms with E-state index in [4.69, 9.17) is 10.5 Å². The zero-order chi connectivity index (χ0) is 16.0. The van der Waals surface area contributed by atoms with Gasteiger partial charge in [0.15, 0.2) is 0 Å². The lowest BCUT2D eigenvalue weighted by Crippen LogP contribution is -2.41. The molecule has 0 bridgehead atoms. The second-order valence-corrected chi connectivity index (χ2v) is 5.15. The monoisotopic (exact) mass is 295 g/mol. The van der Waals surface area contributed by atoms with E-state index in [1.54, 1.807) is 0 Å². The van der Waals surface area contributed by atoms with Gasteiger partial charge in [0.1, 0.15) is 0 Å². The summed E-state index contributed by atoms with van der Waals surface area (Å²) in [6.07, 6.45) is 0.736. The molecule has 0 saturated carbocycles. The van der Waals surface area contributed by atoms with Gasteiger partial charge in [-0.3, -0.25) is 14.9 Å². The number of methoxy groups -OCH3 is 1. The first-order chi connectivity index (χ1) is 9.90. The number of benzene rings is 1. The summed E-state index contributed by atoms with van der Waals surface area (Å²) in [6.45, 7) is 4.37. The van der Waals surface area contributed by atoms with Crippen molar-refractivity contribution in [2.75, 3.05) is 13.7 Å². The van der Waals surface area contributed by atoms with Crippen molar-refractivity contribution < 1.29 is 14.5 Å². The number of nitrogens with zero attached hydrogens (tertiary/aromatic N) is 1. The van der Waals surface area contributed by atoms with Crippen LogP contribution in [0.15, 0.2) is 18.2 Å². The molecular formula is C14H21N3O4. The quantitative estimate of drug-likeness (QED) is 0.588. The van der Waals surface area contributed by atoms with Gasteiger partial charge in [0.25, 0.3) is 5.91 Å². The highest BCUT2D eigenvalue weighted by Gasteiger charge is 2.23. The molecule has 7 nitrogen and oxygen atoms in total. The van der Waals surface area contributed by atoms with Gasteiger partial charge in [0.05, 0.1) is 17.6 Å². The molecule has 0 aliphatic heterocycles. The zero-order valence-electron chi connectivity index (χ0n) is 12.5. The van der Waals surface area contributed by atoms with Gasteiger partial charge in [-0.2, -0.15) is 0 Å². The first-order valence-corrected chi connectivity index (χ1v) is 6.73. The molecule has 0 heterocycles. The van der Waals surface area contributed by atoms with Crippen LogP contribution in [0.3, 0.4) is 0 Å². The highest BCUT2D eigenvalue weighted by atomic mass is 16.6. The summed E-state index contributed by atoms with van der Waals surface area (Å²) in [7, 11) is 1.30. The predicted molar refractivity (Wildman–Crippen MR) is 79.4 cm³/mol. The Kier molecular flexibility index (Phi) is 6.10. The fourth-order valence-electron chi connectivity index (χ4n) is 2.11. The van der Waals surface area contributed by atoms with E-state index in [1.165, 1.54) is 25.3 Å². The summed E-state index contributed by atoms with van der Waals surface area (Å²) < 4.78 is 5.02. The van der Waals surface area contributed by atoms with E-state index in [-0.39, 0.29) is 23.0 Å². The smallest absolute Gasteiger partial charge is 0.311 e. The summed E-state index contributed by atoms with van der Waals surface area (Å²) in [5, 5.41) is 13.7. The Bertz CT molecular complexity index is 517. The van der Waals surface area contributed by atoms with Crippen LogP contribution in [-0.4, -0.2) is 30.5 Å². The van der Waals surface area contributed by atoms with Gasteiger partial charge >= 0.3 is 5.69 Å². The van der Waals surface area contributed by atoms with Crippen molar-refractivity contribution in [3.63, 3.8) is 0 Å². The average molecular weight is 295 g/mol. The van der Waals surface area contributed by atoms with Crippen molar-refractivity contribution >= 4 is 11.6 Å². The second kappa shape index (κ2) is 7.58. The third-order valence-electron chi connectivity index (χ3n) is 3.02. The lowest BCUT2D eigenvalue weighted by Gasteiger charge is -2.19. The Morgan fingerprint density at radius 2 is 2.14 bits per heavy atom. The van der Waals surface area contributed by atoms with E-state index in [2.05, 4.69) is 5.32 Å². The Morgan fingerprint density at radius 1 is 1.48 bits per heavy atom. The number of para-hydroxylation sites is 1. The van der Waals surface area contributed by atoms with Crippen LogP contribution in [0.1, 0.15) is 30.6 Å². The number of nitro benzene ring substituents is 1. The molecule has 21 heavy (non-hydrogen) atoms. The summed E-state index contributed by atoms with van der Waals surface area (Å²) in [5.74, 6) is -0.0853. The number of carbonyl (C=O) groups is 1. The van der Waals surface area contributed by atoms with Crippen molar-refractivity contribution in [2.45, 2.75) is 26.3 Å². The summed E-state index contributed by atoms with van der Waals surface area (Å²) in [5.41, 5.74) is 5.54. The molecule has 0 aliphatic carbocycles. The molecule has 1 unspecified atom stereocenters. The normalized spacial score (nSPS) is 12.0. The highest BCUT2D eigenvalue weighted by Crippen LogP contribution is 2.30. The topological polar surface area (TPSA) is 107 Å². The summed E-state index contributed by atoms with van der Waals surface area (Å²) >= 11 is 0. The first-order valence-electron chi connectivity index (χ1n) is 6.73. The van der Waals surface area contributed by atoms with E-state index >= 15 is 0 Å². The molecule has 1 rings (SSSR count). The van der Waals surface area contributed by atoms with E-state index in [1.807, 2.05) is 13.8 Å². The maximum absolute atomic E-state index is 12.3. The average Bonchev–Trinajstić information content (AvgIpc) is 2.44. The molecule has 0 saturated heterocycles. The minimum atomic E-state index is -0.579. The molecule has 0 fully saturated rings. The minimum Gasteiger partial charge on any atom is -0.490 e. The number of hydrogen-bond donors (Lipinski definition) is 2. The van der Waals surface area contributed by atoms with Gasteiger partial charge in [-0.15, -0.1) is 0 Å². The Hall–Kier alpha value is -2.15. The molecule has 1 atom stereocenters. The molecule has 0 aliphatic rings. The number of nitrogens with one attached hydrogen (secondary N) is 1. The van der Waals surface area contributed by atoms with E-state index in [9.17, 15) is 14.9 Å². The Labute approximate surface area is 123 Å². The predicted octanol–water partition coefficient (Wildman–Crippen LogP) is 1.71. The maximum Gasteiger partial charge on any atom is 0.311 e. The van der Waals surface area contributed by atoms with Crippen LogP contribution in [0.4, 0.5) is 5.69 Å². The standard InChI is InChI=1S/C14H21N3O4/c1-9(2)7-10(8-15)16-14(18)11-5-4-6-12(17(19)20)13(11)21-3/h4-6,9-10H,7-8,15H2,1-3H3,(H,16,18). The first kappa shape index (κ1) is 16.9. The molecule has 0 spiro atoms. The van der Waals surface area contributed by atoms with Crippen LogP contribution < -0.4 is 15.8 Å². The van der Waals surface area contributed by atoms with Crippen LogP contribution in [0, 0.1) is 16.0 Å². The van der Waals surface area contributed by atoms with Crippen molar-refractivity contribution in [2.24, 2.45) is 11.7 Å². The molecule has 116 valence electrons. The molecule has 0 radical (unpaired) electrons. The molecule has 1 aromatic rings. The van der Waals surface area contributed by atoms with E-state index < -0.39 is 10.8 Å². The van der Waals surface area contributed by atoms with Crippen molar-refractivity contribution in [3.8, 4) is 5.75 Å². The number of amides is 1. The van der Waals surface area contributed by atoms with E-state index in [0.29, 0.717) is 12.5 Å². The van der Waals surface area contributed by atoms with Crippen LogP contribution in [-0.2, 0) is 0 Å². The maximum atomic E-state index is 12.3. The summed E-state index contributed by atoms with van der Waals surface area (Å²) in [4.78, 5) is 22.7. The molecule has 3 N–H and O–H groups in total. The van der Waals surface area contributed by atoms with Crippen LogP contribution in [0.2, 0.25) is 0 Å². The molecule has 1 aromatic carbocycles. The van der Waals surface area contributed by atoms with Crippen LogP contribution in [0.5, 0.6) is 5.75 Å². The fraction of sp³-hybridized carbons (Fsp3) is 0.500. The Morgan fingerprint density at radius 3 is 2.62 bits per heavy atom. The number of nitro groups is 1. The van der Waals surface area contributed by atoms with Gasteiger partial charge in [-0.1, -0.05) is 19.9 Å². The van der Waals surface area contributed by atoms with Gasteiger partial charge < -0.3 is 15.8 Å². The largest absolute Gasteiger partial charge is 0.490 e. The van der Waals surface area contributed by atoms with Gasteiger partial charge in [-0.05, 0) is 18.4 Å². The third kappa shape index (κ3) is 4.42. The van der Waals surface area contributed by atoms with Crippen molar-refractivity contribution in [1.82, 2.24) is 5.32 Å². The van der Waals surface area contributed by atoms with E-state index in [0.717, 1.165) is 6.42 Å². The zero-order valence-corrected chi connectivity index (χ0v) is 12.5. The summed E-state index contributed by atoms with van der Waals surface area (Å²) in [6, 6.07) is 4.06. The molecule has 7 heteroatoms.